The van der Waals surface area contributed by atoms with Gasteiger partial charge < -0.3 is 54.6 Å². The summed E-state index contributed by atoms with van der Waals surface area (Å²) < 4.78 is 70.8. The van der Waals surface area contributed by atoms with Crippen LogP contribution in [-0.4, -0.2) is 119 Å². The van der Waals surface area contributed by atoms with Crippen molar-refractivity contribution in [1.29, 1.82) is 0 Å². The molecule has 0 bridgehead atoms. The third kappa shape index (κ3) is 7.76. The van der Waals surface area contributed by atoms with Crippen LogP contribution >= 0.6 is 15.4 Å². The molecule has 52 heavy (non-hydrogen) atoms. The van der Waals surface area contributed by atoms with Gasteiger partial charge >= 0.3 is 21.4 Å². The van der Waals surface area contributed by atoms with Gasteiger partial charge in [-0.05, 0) is 6.08 Å². The lowest BCUT2D eigenvalue weighted by Gasteiger charge is -2.24. The molecular weight excluding hydrogens is 738 g/mol. The fourth-order valence-corrected chi connectivity index (χ4v) is 6.98. The molecule has 4 aromatic rings. The number of aromatic nitrogens is 8. The average Bonchev–Trinajstić information content (AvgIpc) is 3.86. The van der Waals surface area contributed by atoms with E-state index in [1.54, 1.807) is 4.57 Å². The standard InChI is InChI=1S/C26H32N10O14P2/c1-43-19-13(49-26(38)20(19)44-2)3-5-46-52(41,42)47-7-14-18(17(37)25(48-14)36-11-33-15-21(27)29-9-32-24(15)36)50-51(39,40)12-45-6-4-35-10-34-23-16(35)22(28)30-8-31-23/h3,8-11,14,17-18,25,37H,4-7,12H2,1-2H3,(H,39,40)(H,41,42)(H2,27,29,32)(H2,28,30,31)/b13-3-/t14-,17-,18-,25-/m1/s1. The van der Waals surface area contributed by atoms with Gasteiger partial charge in [-0.3, -0.25) is 22.7 Å². The molecule has 0 aromatic carbocycles. The molecule has 0 amide bonds. The number of methoxy groups -OCH3 is 2. The summed E-state index contributed by atoms with van der Waals surface area (Å²) in [5.74, 6) is -1.03. The SMILES string of the molecule is COC1=C(OC)/C(=C/COP(=O)(O)OC[C@H]2O[C@@H](n3cnc4c(N)ncnc43)[C@H](O)[C@@H]2OP(=O)(O)COCCn2cnc3ncnc(N)c32)OC1=O. The van der Waals surface area contributed by atoms with Crippen molar-refractivity contribution in [2.24, 2.45) is 0 Å². The van der Waals surface area contributed by atoms with Gasteiger partial charge in [-0.15, -0.1) is 0 Å². The number of aliphatic hydroxyl groups excluding tert-OH is 1. The predicted molar refractivity (Wildman–Crippen MR) is 172 cm³/mol. The monoisotopic (exact) mass is 770 g/mol. The van der Waals surface area contributed by atoms with E-state index in [1.165, 1.54) is 37.8 Å². The summed E-state index contributed by atoms with van der Waals surface area (Å²) in [4.78, 5) is 57.2. The van der Waals surface area contributed by atoms with Gasteiger partial charge in [-0.25, -0.2) is 39.3 Å². The number of carbonyl (C=O) groups excluding carboxylic acids is 1. The molecule has 0 aliphatic carbocycles. The fraction of sp³-hybridized carbons (Fsp3) is 0.423. The zero-order valence-corrected chi connectivity index (χ0v) is 29.0. The van der Waals surface area contributed by atoms with Crippen LogP contribution in [-0.2, 0) is 57.7 Å². The maximum atomic E-state index is 13.2. The molecule has 6 atom stereocenters. The van der Waals surface area contributed by atoms with Gasteiger partial charge in [0.1, 0.15) is 48.3 Å². The zero-order valence-electron chi connectivity index (χ0n) is 27.2. The largest absolute Gasteiger partial charge is 0.490 e. The molecule has 0 radical (unpaired) electrons. The van der Waals surface area contributed by atoms with Gasteiger partial charge in [0.25, 0.3) is 5.76 Å². The highest BCUT2D eigenvalue weighted by Crippen LogP contribution is 2.49. The summed E-state index contributed by atoms with van der Waals surface area (Å²) in [6.45, 7) is -1.33. The average molecular weight is 771 g/mol. The Morgan fingerprint density at radius 2 is 1.73 bits per heavy atom. The van der Waals surface area contributed by atoms with E-state index in [4.69, 9.17) is 48.7 Å². The number of nitrogens with two attached hydrogens (primary N) is 2. The number of esters is 1. The van der Waals surface area contributed by atoms with Gasteiger partial charge in [-0.1, -0.05) is 0 Å². The molecule has 7 N–H and O–H groups in total. The van der Waals surface area contributed by atoms with Crippen molar-refractivity contribution < 1.29 is 66.1 Å². The second-order valence-electron chi connectivity index (χ2n) is 10.8. The summed E-state index contributed by atoms with van der Waals surface area (Å²) in [5, 5.41) is 11.3. The smallest absolute Gasteiger partial charge is 0.472 e. The number of fused-ring (bicyclic) bond motifs is 2. The number of hydrogen-bond acceptors (Lipinski definition) is 20. The quantitative estimate of drug-likeness (QED) is 0.0555. The van der Waals surface area contributed by atoms with E-state index in [-0.39, 0.29) is 53.2 Å². The molecule has 24 nitrogen and oxygen atoms in total. The Kier molecular flexibility index (Phi) is 10.8. The third-order valence-corrected chi connectivity index (χ3v) is 9.59. The van der Waals surface area contributed by atoms with Crippen molar-refractivity contribution >= 4 is 55.4 Å². The number of anilines is 2. The van der Waals surface area contributed by atoms with E-state index in [0.717, 1.165) is 12.4 Å². The Morgan fingerprint density at radius 1 is 0.981 bits per heavy atom. The van der Waals surface area contributed by atoms with Crippen LogP contribution in [0.3, 0.4) is 0 Å². The summed E-state index contributed by atoms with van der Waals surface area (Å²) in [6, 6.07) is 0. The second-order valence-corrected chi connectivity index (χ2v) is 14.0. The summed E-state index contributed by atoms with van der Waals surface area (Å²) in [5.41, 5.74) is 12.9. The van der Waals surface area contributed by atoms with Crippen LogP contribution in [0.4, 0.5) is 11.6 Å². The molecule has 26 heteroatoms. The number of aliphatic hydroxyl groups is 1. The number of rotatable bonds is 16. The summed E-state index contributed by atoms with van der Waals surface area (Å²) >= 11 is 0. The van der Waals surface area contributed by atoms with Crippen molar-refractivity contribution in [3.05, 3.63) is 48.7 Å². The van der Waals surface area contributed by atoms with E-state index in [1.807, 2.05) is 0 Å². The van der Waals surface area contributed by atoms with Crippen LogP contribution in [0.5, 0.6) is 0 Å². The van der Waals surface area contributed by atoms with Gasteiger partial charge in [0.05, 0.1) is 46.7 Å². The van der Waals surface area contributed by atoms with Crippen molar-refractivity contribution in [1.82, 2.24) is 39.0 Å². The van der Waals surface area contributed by atoms with E-state index in [2.05, 4.69) is 29.9 Å². The minimum atomic E-state index is -4.89. The maximum Gasteiger partial charge on any atom is 0.472 e. The van der Waals surface area contributed by atoms with E-state index in [9.17, 15) is 28.8 Å². The highest BCUT2D eigenvalue weighted by atomic mass is 31.2. The lowest BCUT2D eigenvalue weighted by atomic mass is 10.1. The van der Waals surface area contributed by atoms with Gasteiger partial charge in [0, 0.05) is 6.54 Å². The molecule has 2 unspecified atom stereocenters. The Hall–Kier alpha value is -4.61. The molecule has 2 aliphatic heterocycles. The van der Waals surface area contributed by atoms with Crippen molar-refractivity contribution in [2.45, 2.75) is 31.1 Å². The van der Waals surface area contributed by atoms with Crippen LogP contribution < -0.4 is 11.5 Å². The van der Waals surface area contributed by atoms with Crippen LogP contribution in [0.2, 0.25) is 0 Å². The van der Waals surface area contributed by atoms with Crippen molar-refractivity contribution in [3.8, 4) is 0 Å². The fourth-order valence-electron chi connectivity index (χ4n) is 5.25. The van der Waals surface area contributed by atoms with E-state index in [0.29, 0.717) is 11.2 Å². The number of phosphoric acid groups is 1. The molecule has 4 aromatic heterocycles. The number of nitrogens with zero attached hydrogens (tertiary/aromatic N) is 8. The molecule has 280 valence electrons. The van der Waals surface area contributed by atoms with Crippen LogP contribution in [0.1, 0.15) is 6.23 Å². The van der Waals surface area contributed by atoms with Crippen LogP contribution in [0, 0.1) is 0 Å². The lowest BCUT2D eigenvalue weighted by Crippen LogP contribution is -2.36. The van der Waals surface area contributed by atoms with Crippen molar-refractivity contribution in [2.75, 3.05) is 51.9 Å². The Bertz CT molecular complexity index is 2120. The van der Waals surface area contributed by atoms with Crippen molar-refractivity contribution in [3.63, 3.8) is 0 Å². The first-order valence-electron chi connectivity index (χ1n) is 14.9. The predicted octanol–water partition coefficient (Wildman–Crippen LogP) is -0.288. The number of hydrogen-bond donors (Lipinski definition) is 5. The Labute approximate surface area is 292 Å². The minimum absolute atomic E-state index is 0.0343. The molecule has 1 fully saturated rings. The van der Waals surface area contributed by atoms with Crippen LogP contribution in [0.15, 0.2) is 48.7 Å². The maximum absolute atomic E-state index is 13.2. The summed E-state index contributed by atoms with van der Waals surface area (Å²) in [6.07, 6.45) is -0.737. The number of ether oxygens (including phenoxy) is 5. The van der Waals surface area contributed by atoms with Gasteiger partial charge in [0.15, 0.2) is 34.9 Å². The number of nitrogen functional groups attached to an aromatic ring is 2. The minimum Gasteiger partial charge on any atom is -0.490 e. The first-order chi connectivity index (χ1) is 24.8. The van der Waals surface area contributed by atoms with E-state index < -0.39 is 65.5 Å². The molecule has 0 spiro atoms. The van der Waals surface area contributed by atoms with Crippen LogP contribution in [0.25, 0.3) is 22.3 Å². The topological polar surface area (TPSA) is 325 Å². The van der Waals surface area contributed by atoms with Gasteiger partial charge in [-0.2, -0.15) is 0 Å². The number of phosphoric ester groups is 1. The Morgan fingerprint density at radius 3 is 2.50 bits per heavy atom. The Balaban J connectivity index is 1.13. The van der Waals surface area contributed by atoms with E-state index >= 15 is 0 Å². The molecule has 6 heterocycles. The number of carbonyl (C=O) groups is 1. The molecule has 2 aliphatic rings. The summed E-state index contributed by atoms with van der Waals surface area (Å²) in [7, 11) is -7.05. The third-order valence-electron chi connectivity index (χ3n) is 7.56. The van der Waals surface area contributed by atoms with Gasteiger partial charge in [0.2, 0.25) is 5.76 Å². The molecular formula is C26H32N10O14P2. The highest BCUT2D eigenvalue weighted by molar-refractivity contribution is 7.52. The lowest BCUT2D eigenvalue weighted by molar-refractivity contribution is -0.136. The number of imidazole rings is 2. The number of cyclic esters (lactones) is 1. The zero-order chi connectivity index (χ0) is 37.2. The molecule has 1 saturated heterocycles. The first kappa shape index (κ1) is 37.2. The normalized spacial score (nSPS) is 23.7. The first-order valence-corrected chi connectivity index (χ1v) is 18.2. The second kappa shape index (κ2) is 15.2. The molecule has 0 saturated carbocycles. The highest BCUT2D eigenvalue weighted by Gasteiger charge is 2.49. The molecule has 6 rings (SSSR count).